The van der Waals surface area contributed by atoms with Gasteiger partial charge in [-0.1, -0.05) is 37.6 Å². The predicted octanol–water partition coefficient (Wildman–Crippen LogP) is 3.33. The monoisotopic (exact) mass is 277 g/mol. The van der Waals surface area contributed by atoms with Crippen LogP contribution < -0.4 is 5.32 Å². The van der Waals surface area contributed by atoms with E-state index in [2.05, 4.69) is 28.7 Å². The van der Waals surface area contributed by atoms with Crippen molar-refractivity contribution in [2.75, 3.05) is 6.54 Å². The van der Waals surface area contributed by atoms with Crippen molar-refractivity contribution >= 4 is 11.6 Å². The van der Waals surface area contributed by atoms with E-state index >= 15 is 0 Å². The van der Waals surface area contributed by atoms with Gasteiger partial charge in [0.2, 0.25) is 0 Å². The first-order valence-corrected chi connectivity index (χ1v) is 6.97. The molecule has 0 atom stereocenters. The van der Waals surface area contributed by atoms with E-state index < -0.39 is 0 Å². The van der Waals surface area contributed by atoms with E-state index in [1.54, 1.807) is 0 Å². The molecule has 0 aliphatic heterocycles. The molecule has 0 bridgehead atoms. The van der Waals surface area contributed by atoms with Crippen molar-refractivity contribution in [2.24, 2.45) is 5.92 Å². The number of aromatic nitrogens is 2. The van der Waals surface area contributed by atoms with Crippen LogP contribution in [0.3, 0.4) is 0 Å². The summed E-state index contributed by atoms with van der Waals surface area (Å²) in [6.45, 7) is 7.11. The maximum Gasteiger partial charge on any atom is 0.0951 e. The average molecular weight is 278 g/mol. The lowest BCUT2D eigenvalue weighted by molar-refractivity contribution is 0.539. The molecule has 4 heteroatoms. The third-order valence-corrected chi connectivity index (χ3v) is 3.18. The van der Waals surface area contributed by atoms with Crippen molar-refractivity contribution in [1.29, 1.82) is 0 Å². The molecule has 0 spiro atoms. The molecule has 0 unspecified atom stereocenters. The Kier molecular flexibility index (Phi) is 5.00. The Hall–Kier alpha value is -1.32. The average Bonchev–Trinajstić information content (AvgIpc) is 2.79. The highest BCUT2D eigenvalue weighted by molar-refractivity contribution is 6.30. The number of hydrogen-bond acceptors (Lipinski definition) is 2. The second kappa shape index (κ2) is 6.73. The second-order valence-corrected chi connectivity index (χ2v) is 5.60. The molecule has 1 N–H and O–H groups in total. The zero-order valence-electron chi connectivity index (χ0n) is 11.4. The zero-order valence-corrected chi connectivity index (χ0v) is 12.2. The molecule has 1 heterocycles. The number of nitrogens with one attached hydrogen (secondary N) is 1. The molecule has 0 aliphatic carbocycles. The molecule has 0 fully saturated rings. The zero-order chi connectivity index (χ0) is 13.7. The van der Waals surface area contributed by atoms with Crippen LogP contribution in [0.4, 0.5) is 0 Å². The van der Waals surface area contributed by atoms with Crippen molar-refractivity contribution in [1.82, 2.24) is 14.9 Å². The van der Waals surface area contributed by atoms with Gasteiger partial charge in [0, 0.05) is 24.3 Å². The van der Waals surface area contributed by atoms with E-state index in [9.17, 15) is 0 Å². The van der Waals surface area contributed by atoms with E-state index in [1.165, 1.54) is 11.3 Å². The van der Waals surface area contributed by atoms with Gasteiger partial charge in [0.25, 0.3) is 0 Å². The molecule has 0 saturated heterocycles. The van der Waals surface area contributed by atoms with Crippen LogP contribution in [-0.4, -0.2) is 16.1 Å². The van der Waals surface area contributed by atoms with Crippen molar-refractivity contribution in [3.63, 3.8) is 0 Å². The van der Waals surface area contributed by atoms with E-state index in [-0.39, 0.29) is 0 Å². The Balaban J connectivity index is 1.97. The third-order valence-electron chi connectivity index (χ3n) is 2.92. The number of benzene rings is 1. The molecule has 0 radical (unpaired) electrons. The fraction of sp³-hybridized carbons (Fsp3) is 0.400. The summed E-state index contributed by atoms with van der Waals surface area (Å²) in [6, 6.07) is 7.94. The molecule has 0 saturated carbocycles. The Morgan fingerprint density at radius 2 is 2.00 bits per heavy atom. The summed E-state index contributed by atoms with van der Waals surface area (Å²) in [5, 5.41) is 4.21. The highest BCUT2D eigenvalue weighted by atomic mass is 35.5. The standard InChI is InChI=1S/C15H20ClN3/c1-12(2)7-17-8-15-9-18-11-19(15)10-13-3-5-14(16)6-4-13/h3-6,9,11-12,17H,7-8,10H2,1-2H3. The minimum absolute atomic E-state index is 0.660. The first-order valence-electron chi connectivity index (χ1n) is 6.59. The van der Waals surface area contributed by atoms with Crippen molar-refractivity contribution in [2.45, 2.75) is 26.9 Å². The molecule has 3 nitrogen and oxygen atoms in total. The number of imidazole rings is 1. The Morgan fingerprint density at radius 1 is 1.26 bits per heavy atom. The minimum Gasteiger partial charge on any atom is -0.329 e. The lowest BCUT2D eigenvalue weighted by Crippen LogP contribution is -2.20. The van der Waals surface area contributed by atoms with E-state index in [1.807, 2.05) is 36.8 Å². The van der Waals surface area contributed by atoms with Crippen LogP contribution in [0.2, 0.25) is 5.02 Å². The summed E-state index contributed by atoms with van der Waals surface area (Å²) < 4.78 is 2.16. The van der Waals surface area contributed by atoms with Gasteiger partial charge in [0.15, 0.2) is 0 Å². The van der Waals surface area contributed by atoms with Gasteiger partial charge in [-0.15, -0.1) is 0 Å². The molecule has 2 rings (SSSR count). The van der Waals surface area contributed by atoms with Crippen molar-refractivity contribution in [3.05, 3.63) is 53.1 Å². The van der Waals surface area contributed by atoms with Gasteiger partial charge in [-0.05, 0) is 30.2 Å². The topological polar surface area (TPSA) is 29.9 Å². The number of rotatable bonds is 6. The normalized spacial score (nSPS) is 11.2. The smallest absolute Gasteiger partial charge is 0.0951 e. The fourth-order valence-corrected chi connectivity index (χ4v) is 2.04. The maximum atomic E-state index is 5.89. The van der Waals surface area contributed by atoms with E-state index in [4.69, 9.17) is 11.6 Å². The minimum atomic E-state index is 0.660. The summed E-state index contributed by atoms with van der Waals surface area (Å²) in [7, 11) is 0. The Bertz CT molecular complexity index is 502. The highest BCUT2D eigenvalue weighted by Crippen LogP contribution is 2.11. The van der Waals surface area contributed by atoms with E-state index in [0.717, 1.165) is 24.7 Å². The maximum absolute atomic E-state index is 5.89. The van der Waals surface area contributed by atoms with Crippen LogP contribution in [-0.2, 0) is 13.1 Å². The number of hydrogen-bond donors (Lipinski definition) is 1. The van der Waals surface area contributed by atoms with E-state index in [0.29, 0.717) is 5.92 Å². The van der Waals surface area contributed by atoms with Gasteiger partial charge in [-0.2, -0.15) is 0 Å². The quantitative estimate of drug-likeness (QED) is 0.878. The van der Waals surface area contributed by atoms with Gasteiger partial charge in [-0.3, -0.25) is 0 Å². The summed E-state index contributed by atoms with van der Waals surface area (Å²) in [4.78, 5) is 4.23. The molecule has 1 aromatic heterocycles. The Labute approximate surface area is 119 Å². The van der Waals surface area contributed by atoms with Crippen molar-refractivity contribution in [3.8, 4) is 0 Å². The largest absolute Gasteiger partial charge is 0.329 e. The van der Waals surface area contributed by atoms with Gasteiger partial charge < -0.3 is 9.88 Å². The molecule has 1 aromatic carbocycles. The molecule has 19 heavy (non-hydrogen) atoms. The van der Waals surface area contributed by atoms with Crippen LogP contribution in [0.5, 0.6) is 0 Å². The third kappa shape index (κ3) is 4.37. The number of halogens is 1. The van der Waals surface area contributed by atoms with Crippen molar-refractivity contribution < 1.29 is 0 Å². The van der Waals surface area contributed by atoms with Crippen LogP contribution in [0, 0.1) is 5.92 Å². The SMILES string of the molecule is CC(C)CNCc1cncn1Cc1ccc(Cl)cc1. The summed E-state index contributed by atoms with van der Waals surface area (Å²) in [6.07, 6.45) is 3.80. The van der Waals surface area contributed by atoms with Crippen LogP contribution in [0.1, 0.15) is 25.1 Å². The van der Waals surface area contributed by atoms with Crippen LogP contribution >= 0.6 is 11.6 Å². The predicted molar refractivity (Wildman–Crippen MR) is 79.3 cm³/mol. The molecular formula is C15H20ClN3. The molecular weight excluding hydrogens is 258 g/mol. The van der Waals surface area contributed by atoms with Gasteiger partial charge >= 0.3 is 0 Å². The Morgan fingerprint density at radius 3 is 2.68 bits per heavy atom. The van der Waals surface area contributed by atoms with Gasteiger partial charge in [0.1, 0.15) is 0 Å². The first kappa shape index (κ1) is 14.1. The lowest BCUT2D eigenvalue weighted by atomic mass is 10.2. The van der Waals surface area contributed by atoms with Crippen LogP contribution in [0.15, 0.2) is 36.8 Å². The lowest BCUT2D eigenvalue weighted by Gasteiger charge is -2.10. The summed E-state index contributed by atoms with van der Waals surface area (Å²) in [5.74, 6) is 0.660. The molecule has 2 aromatic rings. The van der Waals surface area contributed by atoms with Gasteiger partial charge in [-0.25, -0.2) is 4.98 Å². The highest BCUT2D eigenvalue weighted by Gasteiger charge is 2.03. The fourth-order valence-electron chi connectivity index (χ4n) is 1.91. The number of nitrogens with zero attached hydrogens (tertiary/aromatic N) is 2. The van der Waals surface area contributed by atoms with Crippen LogP contribution in [0.25, 0.3) is 0 Å². The van der Waals surface area contributed by atoms with Gasteiger partial charge in [0.05, 0.1) is 12.0 Å². The molecule has 0 aliphatic rings. The molecule has 0 amide bonds. The summed E-state index contributed by atoms with van der Waals surface area (Å²) >= 11 is 5.89. The first-order chi connectivity index (χ1) is 9.15. The summed E-state index contributed by atoms with van der Waals surface area (Å²) in [5.41, 5.74) is 2.43. The molecule has 102 valence electrons. The second-order valence-electron chi connectivity index (χ2n) is 5.16.